The van der Waals surface area contributed by atoms with Gasteiger partial charge in [0.25, 0.3) is 0 Å². The molecule has 15 heavy (non-hydrogen) atoms. The Kier molecular flexibility index (Phi) is 2.87. The number of hydrogen-bond donors (Lipinski definition) is 2. The summed E-state index contributed by atoms with van der Waals surface area (Å²) < 4.78 is 5.26. The highest BCUT2D eigenvalue weighted by atomic mass is 16.5. The lowest BCUT2D eigenvalue weighted by Gasteiger charge is -2.17. The summed E-state index contributed by atoms with van der Waals surface area (Å²) >= 11 is 0. The number of benzene rings is 1. The largest absolute Gasteiger partial charge is 0.491 e. The number of aliphatic hydroxyl groups is 1. The van der Waals surface area contributed by atoms with Crippen LogP contribution in [0.2, 0.25) is 0 Å². The molecule has 0 bridgehead atoms. The molecule has 0 aromatic heterocycles. The van der Waals surface area contributed by atoms with E-state index >= 15 is 0 Å². The number of carbonyl (C=O) groups excluding carboxylic acids is 1. The van der Waals surface area contributed by atoms with Gasteiger partial charge in [-0.15, -0.1) is 0 Å². The van der Waals surface area contributed by atoms with Crippen LogP contribution in [0, 0.1) is 0 Å². The second kappa shape index (κ2) is 4.31. The summed E-state index contributed by atoms with van der Waals surface area (Å²) in [5, 5.41) is 11.4. The highest BCUT2D eigenvalue weighted by molar-refractivity contribution is 5.94. The molecule has 0 saturated carbocycles. The molecule has 4 nitrogen and oxygen atoms in total. The third-order valence-corrected chi connectivity index (χ3v) is 2.34. The molecule has 0 spiro atoms. The van der Waals surface area contributed by atoms with Crippen LogP contribution >= 0.6 is 0 Å². The van der Waals surface area contributed by atoms with E-state index in [1.54, 1.807) is 6.07 Å². The Bertz CT molecular complexity index is 376. The first-order valence-electron chi connectivity index (χ1n) is 4.96. The zero-order valence-electron chi connectivity index (χ0n) is 8.32. The molecule has 0 radical (unpaired) electrons. The van der Waals surface area contributed by atoms with Gasteiger partial charge in [-0.1, -0.05) is 6.07 Å². The van der Waals surface area contributed by atoms with Gasteiger partial charge in [0.15, 0.2) is 0 Å². The maximum absolute atomic E-state index is 11.2. The lowest BCUT2D eigenvalue weighted by molar-refractivity contribution is -0.116. The van der Waals surface area contributed by atoms with Crippen molar-refractivity contribution in [2.24, 2.45) is 0 Å². The number of rotatable bonds is 3. The molecular weight excluding hydrogens is 194 g/mol. The fraction of sp³-hybridized carbons (Fsp3) is 0.364. The molecule has 1 heterocycles. The summed E-state index contributed by atoms with van der Waals surface area (Å²) in [6.45, 7) is 0.260. The van der Waals surface area contributed by atoms with Gasteiger partial charge in [-0.2, -0.15) is 0 Å². The van der Waals surface area contributed by atoms with Crippen molar-refractivity contribution in [2.45, 2.75) is 12.8 Å². The van der Waals surface area contributed by atoms with Gasteiger partial charge < -0.3 is 15.2 Å². The summed E-state index contributed by atoms with van der Waals surface area (Å²) in [7, 11) is 0. The normalized spacial score (nSPS) is 14.3. The summed E-state index contributed by atoms with van der Waals surface area (Å²) in [5.41, 5.74) is 1.95. The molecule has 0 fully saturated rings. The Balaban J connectivity index is 2.17. The van der Waals surface area contributed by atoms with Gasteiger partial charge in [-0.3, -0.25) is 4.79 Å². The highest BCUT2D eigenvalue weighted by Crippen LogP contribution is 2.26. The molecule has 1 aliphatic heterocycles. The molecule has 80 valence electrons. The molecular formula is C11H13NO3. The molecule has 0 unspecified atom stereocenters. The maximum atomic E-state index is 11.2. The average molecular weight is 207 g/mol. The molecule has 2 rings (SSSR count). The maximum Gasteiger partial charge on any atom is 0.224 e. The molecule has 0 saturated heterocycles. The van der Waals surface area contributed by atoms with Crippen molar-refractivity contribution in [3.05, 3.63) is 23.8 Å². The topological polar surface area (TPSA) is 58.6 Å². The lowest BCUT2D eigenvalue weighted by Crippen LogP contribution is -2.18. The predicted octanol–water partition coefficient (Wildman–Crippen LogP) is 0.942. The van der Waals surface area contributed by atoms with Crippen molar-refractivity contribution in [3.8, 4) is 5.75 Å². The van der Waals surface area contributed by atoms with E-state index in [0.717, 1.165) is 17.7 Å². The Hall–Kier alpha value is -1.55. The molecule has 2 N–H and O–H groups in total. The summed E-state index contributed by atoms with van der Waals surface area (Å²) in [6, 6.07) is 5.59. The van der Waals surface area contributed by atoms with Crippen LogP contribution in [0.15, 0.2) is 18.2 Å². The average Bonchev–Trinajstić information content (AvgIpc) is 2.25. The van der Waals surface area contributed by atoms with Crippen LogP contribution in [0.3, 0.4) is 0 Å². The number of fused-ring (bicyclic) bond motifs is 1. The number of aliphatic hydroxyl groups excluding tert-OH is 1. The summed E-state index contributed by atoms with van der Waals surface area (Å²) in [5.74, 6) is 0.715. The van der Waals surface area contributed by atoms with Crippen LogP contribution in [-0.2, 0) is 11.2 Å². The molecule has 0 aliphatic carbocycles. The van der Waals surface area contributed by atoms with Crippen molar-refractivity contribution in [3.63, 3.8) is 0 Å². The van der Waals surface area contributed by atoms with E-state index in [2.05, 4.69) is 5.32 Å². The first-order chi connectivity index (χ1) is 7.29. The van der Waals surface area contributed by atoms with E-state index in [1.165, 1.54) is 0 Å². The number of anilines is 1. The predicted molar refractivity (Wildman–Crippen MR) is 56.0 cm³/mol. The van der Waals surface area contributed by atoms with Crippen LogP contribution in [0.25, 0.3) is 0 Å². The second-order valence-electron chi connectivity index (χ2n) is 3.44. The number of aryl methyl sites for hydroxylation is 1. The molecule has 1 aliphatic rings. The third kappa shape index (κ3) is 2.27. The van der Waals surface area contributed by atoms with Crippen molar-refractivity contribution >= 4 is 11.6 Å². The first kappa shape index (κ1) is 9.98. The van der Waals surface area contributed by atoms with Crippen LogP contribution in [-0.4, -0.2) is 24.2 Å². The third-order valence-electron chi connectivity index (χ3n) is 2.34. The van der Waals surface area contributed by atoms with Gasteiger partial charge in [0.05, 0.1) is 6.61 Å². The lowest BCUT2D eigenvalue weighted by atomic mass is 10.0. The summed E-state index contributed by atoms with van der Waals surface area (Å²) in [4.78, 5) is 11.2. The van der Waals surface area contributed by atoms with Gasteiger partial charge in [0.1, 0.15) is 12.4 Å². The van der Waals surface area contributed by atoms with E-state index in [-0.39, 0.29) is 19.1 Å². The smallest absolute Gasteiger partial charge is 0.224 e. The van der Waals surface area contributed by atoms with Crippen LogP contribution in [0.5, 0.6) is 5.75 Å². The van der Waals surface area contributed by atoms with Crippen molar-refractivity contribution < 1.29 is 14.6 Å². The van der Waals surface area contributed by atoms with E-state index in [1.807, 2.05) is 12.1 Å². The Morgan fingerprint density at radius 1 is 1.40 bits per heavy atom. The molecule has 1 amide bonds. The van der Waals surface area contributed by atoms with Gasteiger partial charge in [-0.25, -0.2) is 0 Å². The van der Waals surface area contributed by atoms with Gasteiger partial charge in [-0.05, 0) is 18.1 Å². The molecule has 1 aromatic carbocycles. The van der Waals surface area contributed by atoms with Gasteiger partial charge >= 0.3 is 0 Å². The molecule has 1 aromatic rings. The summed E-state index contributed by atoms with van der Waals surface area (Å²) in [6.07, 6.45) is 1.32. The van der Waals surface area contributed by atoms with Crippen molar-refractivity contribution in [1.82, 2.24) is 0 Å². The second-order valence-corrected chi connectivity index (χ2v) is 3.44. The van der Waals surface area contributed by atoms with Gasteiger partial charge in [0, 0.05) is 18.2 Å². The standard InChI is InChI=1S/C11H13NO3/c13-5-6-15-9-3-1-8-2-4-11(14)12-10(8)7-9/h1,3,7,13H,2,4-6H2,(H,12,14). The SMILES string of the molecule is O=C1CCc2ccc(OCCO)cc2N1. The molecule has 0 atom stereocenters. The minimum absolute atomic E-state index is 0.0105. The Labute approximate surface area is 87.9 Å². The van der Waals surface area contributed by atoms with Crippen LogP contribution in [0.1, 0.15) is 12.0 Å². The van der Waals surface area contributed by atoms with E-state index in [9.17, 15) is 4.79 Å². The number of amides is 1. The number of ether oxygens (including phenoxy) is 1. The quantitative estimate of drug-likeness (QED) is 0.775. The first-order valence-corrected chi connectivity index (χ1v) is 4.96. The number of hydrogen-bond acceptors (Lipinski definition) is 3. The van der Waals surface area contributed by atoms with Crippen molar-refractivity contribution in [2.75, 3.05) is 18.5 Å². The monoisotopic (exact) mass is 207 g/mol. The Morgan fingerprint density at radius 2 is 2.27 bits per heavy atom. The fourth-order valence-corrected chi connectivity index (χ4v) is 1.60. The zero-order valence-corrected chi connectivity index (χ0v) is 8.32. The fourth-order valence-electron chi connectivity index (χ4n) is 1.60. The number of nitrogens with one attached hydrogen (secondary N) is 1. The van der Waals surface area contributed by atoms with Gasteiger partial charge in [0.2, 0.25) is 5.91 Å². The minimum atomic E-state index is -0.0105. The van der Waals surface area contributed by atoms with Crippen LogP contribution in [0.4, 0.5) is 5.69 Å². The minimum Gasteiger partial charge on any atom is -0.491 e. The van der Waals surface area contributed by atoms with E-state index in [4.69, 9.17) is 9.84 Å². The molecule has 4 heteroatoms. The van der Waals surface area contributed by atoms with E-state index < -0.39 is 0 Å². The van der Waals surface area contributed by atoms with Crippen molar-refractivity contribution in [1.29, 1.82) is 0 Å². The zero-order chi connectivity index (χ0) is 10.7. The van der Waals surface area contributed by atoms with E-state index in [0.29, 0.717) is 12.2 Å². The number of carbonyl (C=O) groups is 1. The Morgan fingerprint density at radius 3 is 3.07 bits per heavy atom. The van der Waals surface area contributed by atoms with Crippen LogP contribution < -0.4 is 10.1 Å². The highest BCUT2D eigenvalue weighted by Gasteiger charge is 2.14.